The van der Waals surface area contributed by atoms with E-state index in [9.17, 15) is 13.9 Å². The molecule has 0 aliphatic heterocycles. The minimum atomic E-state index is -1.19. The Morgan fingerprint density at radius 2 is 1.74 bits per heavy atom. The molecule has 0 aliphatic rings. The zero-order chi connectivity index (χ0) is 14.0. The van der Waals surface area contributed by atoms with Crippen LogP contribution in [0.3, 0.4) is 0 Å². The summed E-state index contributed by atoms with van der Waals surface area (Å²) in [6.07, 6.45) is 0.233. The van der Waals surface area contributed by atoms with E-state index < -0.39 is 5.60 Å². The van der Waals surface area contributed by atoms with Crippen LogP contribution in [0.4, 0.5) is 8.78 Å². The smallest absolute Gasteiger partial charge is 0.137 e. The minimum Gasteiger partial charge on any atom is -0.385 e. The Bertz CT molecular complexity index is 579. The third-order valence-corrected chi connectivity index (χ3v) is 3.92. The third-order valence-electron chi connectivity index (χ3n) is 3.03. The first-order valence-electron chi connectivity index (χ1n) is 5.81. The van der Waals surface area contributed by atoms with E-state index in [-0.39, 0.29) is 18.1 Å². The van der Waals surface area contributed by atoms with Gasteiger partial charge < -0.3 is 5.11 Å². The van der Waals surface area contributed by atoms with Crippen molar-refractivity contribution in [1.29, 1.82) is 0 Å². The van der Waals surface area contributed by atoms with Crippen molar-refractivity contribution < 1.29 is 13.9 Å². The molecule has 0 amide bonds. The molecule has 0 aliphatic carbocycles. The summed E-state index contributed by atoms with van der Waals surface area (Å²) in [5, 5.41) is 10.5. The Balaban J connectivity index is 2.30. The number of aliphatic hydroxyl groups is 1. The van der Waals surface area contributed by atoms with Crippen LogP contribution < -0.4 is 0 Å². The molecule has 1 N–H and O–H groups in total. The molecule has 1 atom stereocenters. The lowest BCUT2D eigenvalue weighted by Gasteiger charge is -2.24. The average molecular weight is 327 g/mol. The van der Waals surface area contributed by atoms with E-state index in [4.69, 9.17) is 0 Å². The molecule has 2 rings (SSSR count). The molecule has 100 valence electrons. The topological polar surface area (TPSA) is 20.2 Å². The molecule has 0 aromatic heterocycles. The summed E-state index contributed by atoms with van der Waals surface area (Å²) in [4.78, 5) is 0. The first kappa shape index (κ1) is 14.2. The Hall–Kier alpha value is -1.26. The van der Waals surface area contributed by atoms with Crippen LogP contribution in [-0.4, -0.2) is 5.11 Å². The summed E-state index contributed by atoms with van der Waals surface area (Å²) in [6, 6.07) is 10.3. The molecule has 1 unspecified atom stereocenters. The summed E-state index contributed by atoms with van der Waals surface area (Å²) in [7, 11) is 0. The zero-order valence-electron chi connectivity index (χ0n) is 10.3. The fourth-order valence-corrected chi connectivity index (χ4v) is 2.37. The largest absolute Gasteiger partial charge is 0.385 e. The normalized spacial score (nSPS) is 14.2. The van der Waals surface area contributed by atoms with Crippen molar-refractivity contribution in [2.75, 3.05) is 0 Å². The SMILES string of the molecule is CC(O)(Cc1cccc(F)c1Br)c1ccc(F)cc1. The van der Waals surface area contributed by atoms with Crippen molar-refractivity contribution in [1.82, 2.24) is 0 Å². The molecular formula is C15H13BrF2O. The molecule has 0 fully saturated rings. The van der Waals surface area contributed by atoms with E-state index in [1.165, 1.54) is 30.3 Å². The summed E-state index contributed by atoms with van der Waals surface area (Å²) in [5.41, 5.74) is 0.0590. The van der Waals surface area contributed by atoms with Crippen molar-refractivity contribution in [2.45, 2.75) is 18.9 Å². The average Bonchev–Trinajstić information content (AvgIpc) is 2.35. The second kappa shape index (κ2) is 5.39. The highest BCUT2D eigenvalue weighted by molar-refractivity contribution is 9.10. The van der Waals surface area contributed by atoms with Gasteiger partial charge in [0.25, 0.3) is 0 Å². The fourth-order valence-electron chi connectivity index (χ4n) is 1.97. The van der Waals surface area contributed by atoms with Gasteiger partial charge in [-0.05, 0) is 52.2 Å². The number of rotatable bonds is 3. The molecule has 4 heteroatoms. The van der Waals surface area contributed by atoms with E-state index in [0.717, 1.165) is 0 Å². The lowest BCUT2D eigenvalue weighted by atomic mass is 9.89. The molecule has 19 heavy (non-hydrogen) atoms. The summed E-state index contributed by atoms with van der Waals surface area (Å²) in [5.74, 6) is -0.723. The van der Waals surface area contributed by atoms with Crippen LogP contribution >= 0.6 is 15.9 Å². The summed E-state index contributed by atoms with van der Waals surface area (Å²) >= 11 is 3.17. The van der Waals surface area contributed by atoms with Gasteiger partial charge in [-0.1, -0.05) is 24.3 Å². The maximum atomic E-state index is 13.4. The van der Waals surface area contributed by atoms with Gasteiger partial charge in [0, 0.05) is 6.42 Å². The lowest BCUT2D eigenvalue weighted by molar-refractivity contribution is 0.0573. The molecule has 0 heterocycles. The molecule has 0 bridgehead atoms. The second-order valence-corrected chi connectivity index (χ2v) is 5.46. The van der Waals surface area contributed by atoms with Crippen LogP contribution in [0.25, 0.3) is 0 Å². The van der Waals surface area contributed by atoms with Gasteiger partial charge in [-0.2, -0.15) is 0 Å². The maximum absolute atomic E-state index is 13.4. The van der Waals surface area contributed by atoms with Gasteiger partial charge in [0.1, 0.15) is 11.6 Å². The Morgan fingerprint density at radius 1 is 1.11 bits per heavy atom. The Labute approximate surface area is 119 Å². The van der Waals surface area contributed by atoms with Gasteiger partial charge in [0.15, 0.2) is 0 Å². The number of hydrogen-bond donors (Lipinski definition) is 1. The highest BCUT2D eigenvalue weighted by Gasteiger charge is 2.25. The van der Waals surface area contributed by atoms with Crippen molar-refractivity contribution >= 4 is 15.9 Å². The molecule has 0 saturated heterocycles. The zero-order valence-corrected chi connectivity index (χ0v) is 11.9. The fraction of sp³-hybridized carbons (Fsp3) is 0.200. The van der Waals surface area contributed by atoms with Gasteiger partial charge >= 0.3 is 0 Å². The maximum Gasteiger partial charge on any atom is 0.137 e. The molecular weight excluding hydrogens is 314 g/mol. The highest BCUT2D eigenvalue weighted by atomic mass is 79.9. The van der Waals surface area contributed by atoms with Crippen LogP contribution in [-0.2, 0) is 12.0 Å². The Kier molecular flexibility index (Phi) is 4.02. The van der Waals surface area contributed by atoms with Crippen LogP contribution in [0.1, 0.15) is 18.1 Å². The second-order valence-electron chi connectivity index (χ2n) is 4.67. The monoisotopic (exact) mass is 326 g/mol. The van der Waals surface area contributed by atoms with Crippen LogP contribution in [0.5, 0.6) is 0 Å². The van der Waals surface area contributed by atoms with Crippen molar-refractivity contribution in [3.63, 3.8) is 0 Å². The van der Waals surface area contributed by atoms with Gasteiger partial charge in [-0.15, -0.1) is 0 Å². The number of hydrogen-bond acceptors (Lipinski definition) is 1. The highest BCUT2D eigenvalue weighted by Crippen LogP contribution is 2.30. The van der Waals surface area contributed by atoms with Crippen molar-refractivity contribution in [3.8, 4) is 0 Å². The van der Waals surface area contributed by atoms with E-state index in [2.05, 4.69) is 15.9 Å². The predicted octanol–water partition coefficient (Wildman–Crippen LogP) is 4.18. The van der Waals surface area contributed by atoms with E-state index in [0.29, 0.717) is 15.6 Å². The van der Waals surface area contributed by atoms with Gasteiger partial charge in [-0.25, -0.2) is 8.78 Å². The van der Waals surface area contributed by atoms with Gasteiger partial charge in [0.2, 0.25) is 0 Å². The summed E-state index contributed by atoms with van der Waals surface area (Å²) < 4.78 is 26.7. The molecule has 2 aromatic rings. The standard InChI is InChI=1S/C15H13BrF2O/c1-15(19,11-5-7-12(17)8-6-11)9-10-3-2-4-13(18)14(10)16/h2-8,19H,9H2,1H3. The van der Waals surface area contributed by atoms with E-state index in [1.54, 1.807) is 19.1 Å². The summed E-state index contributed by atoms with van der Waals surface area (Å²) in [6.45, 7) is 1.62. The molecule has 1 nitrogen and oxygen atoms in total. The third kappa shape index (κ3) is 3.19. The molecule has 0 spiro atoms. The number of benzene rings is 2. The Morgan fingerprint density at radius 3 is 2.37 bits per heavy atom. The minimum absolute atomic E-state index is 0.233. The van der Waals surface area contributed by atoms with E-state index >= 15 is 0 Å². The van der Waals surface area contributed by atoms with Crippen molar-refractivity contribution in [2.24, 2.45) is 0 Å². The van der Waals surface area contributed by atoms with E-state index in [1.807, 2.05) is 0 Å². The molecule has 2 aromatic carbocycles. The number of halogens is 3. The van der Waals surface area contributed by atoms with Crippen LogP contribution in [0, 0.1) is 11.6 Å². The van der Waals surface area contributed by atoms with Crippen molar-refractivity contribution in [3.05, 3.63) is 69.7 Å². The molecule has 0 radical (unpaired) electrons. The first-order chi connectivity index (χ1) is 8.90. The van der Waals surface area contributed by atoms with Crippen LogP contribution in [0.15, 0.2) is 46.9 Å². The lowest BCUT2D eigenvalue weighted by Crippen LogP contribution is -2.24. The van der Waals surface area contributed by atoms with Gasteiger partial charge in [-0.3, -0.25) is 0 Å². The van der Waals surface area contributed by atoms with Crippen LogP contribution in [0.2, 0.25) is 0 Å². The quantitative estimate of drug-likeness (QED) is 0.897. The van der Waals surface area contributed by atoms with Gasteiger partial charge in [0.05, 0.1) is 10.1 Å². The molecule has 0 saturated carbocycles. The first-order valence-corrected chi connectivity index (χ1v) is 6.61. The predicted molar refractivity (Wildman–Crippen MR) is 73.8 cm³/mol.